The molecule has 0 aliphatic rings. The van der Waals surface area contributed by atoms with Gasteiger partial charge >= 0.3 is 12.1 Å². The Morgan fingerprint density at radius 2 is 1.96 bits per heavy atom. The van der Waals surface area contributed by atoms with Crippen molar-refractivity contribution in [3.05, 3.63) is 55.7 Å². The number of hydrogen-bond acceptors (Lipinski definition) is 5. The third-order valence-corrected chi connectivity index (χ3v) is 4.06. The van der Waals surface area contributed by atoms with Crippen LogP contribution >= 0.6 is 23.2 Å². The van der Waals surface area contributed by atoms with Crippen LogP contribution in [0.25, 0.3) is 0 Å². The summed E-state index contributed by atoms with van der Waals surface area (Å²) in [7, 11) is 1.24. The molecule has 0 saturated heterocycles. The van der Waals surface area contributed by atoms with Gasteiger partial charge in [0.1, 0.15) is 17.1 Å². The summed E-state index contributed by atoms with van der Waals surface area (Å²) in [6.07, 6.45) is -4.32. The van der Waals surface area contributed by atoms with Crippen molar-refractivity contribution in [2.24, 2.45) is 0 Å². The fraction of sp³-hybridized carbons (Fsp3) is 0.312. The molecule has 1 aromatic carbocycles. The molecule has 6 nitrogen and oxygen atoms in total. The number of esters is 1. The number of carbonyl (C=O) groups excluding carboxylic acids is 1. The van der Waals surface area contributed by atoms with Crippen molar-refractivity contribution in [3.8, 4) is 5.75 Å². The lowest BCUT2D eigenvalue weighted by molar-refractivity contribution is -0.142. The van der Waals surface area contributed by atoms with E-state index in [-0.39, 0.29) is 40.9 Å². The number of hydrogen-bond donors (Lipinski definition) is 1. The summed E-state index contributed by atoms with van der Waals surface area (Å²) in [4.78, 5) is 28.3. The standard InChI is InChI=1S/C16H13Cl2F3N2O4/c1-26-14(24)2-3-27-12-5-8(9(17)6-10(12)18)4-11-15(25)23-13(7-22-11)16(19,20)21/h5-7H,2-4H2,1H3,(H,23,25). The molecule has 0 amide bonds. The van der Waals surface area contributed by atoms with E-state index in [4.69, 9.17) is 27.9 Å². The average molecular weight is 425 g/mol. The number of aromatic amines is 1. The van der Waals surface area contributed by atoms with E-state index in [1.54, 1.807) is 4.98 Å². The minimum Gasteiger partial charge on any atom is -0.491 e. The molecule has 0 aliphatic carbocycles. The highest BCUT2D eigenvalue weighted by atomic mass is 35.5. The van der Waals surface area contributed by atoms with E-state index >= 15 is 0 Å². The van der Waals surface area contributed by atoms with E-state index in [2.05, 4.69) is 9.72 Å². The molecule has 0 aliphatic heterocycles. The predicted molar refractivity (Wildman–Crippen MR) is 91.3 cm³/mol. The van der Waals surface area contributed by atoms with Crippen molar-refractivity contribution < 1.29 is 27.4 Å². The Balaban J connectivity index is 2.22. The van der Waals surface area contributed by atoms with Crippen molar-refractivity contribution in [2.45, 2.75) is 19.0 Å². The molecule has 1 aromatic heterocycles. The van der Waals surface area contributed by atoms with Gasteiger partial charge in [-0.3, -0.25) is 14.6 Å². The molecule has 2 rings (SSSR count). The lowest BCUT2D eigenvalue weighted by Gasteiger charge is -2.12. The molecule has 27 heavy (non-hydrogen) atoms. The number of nitrogens with zero attached hydrogens (tertiary/aromatic N) is 1. The molecule has 1 heterocycles. The van der Waals surface area contributed by atoms with Gasteiger partial charge in [-0.05, 0) is 17.7 Å². The van der Waals surface area contributed by atoms with Crippen LogP contribution in [0.3, 0.4) is 0 Å². The second kappa shape index (κ2) is 8.62. The summed E-state index contributed by atoms with van der Waals surface area (Å²) in [5.41, 5.74) is -2.02. The van der Waals surface area contributed by atoms with Crippen molar-refractivity contribution >= 4 is 29.2 Å². The van der Waals surface area contributed by atoms with E-state index in [1.165, 1.54) is 19.2 Å². The fourth-order valence-electron chi connectivity index (χ4n) is 2.04. The molecule has 146 valence electrons. The molecule has 0 fully saturated rings. The number of aromatic nitrogens is 2. The maximum absolute atomic E-state index is 12.6. The Hall–Kier alpha value is -2.26. The van der Waals surface area contributed by atoms with Gasteiger partial charge in [0, 0.05) is 11.4 Å². The van der Waals surface area contributed by atoms with Crippen molar-refractivity contribution in [1.29, 1.82) is 0 Å². The van der Waals surface area contributed by atoms with Gasteiger partial charge in [0.25, 0.3) is 5.56 Å². The lowest BCUT2D eigenvalue weighted by atomic mass is 10.1. The Morgan fingerprint density at radius 3 is 2.56 bits per heavy atom. The molecule has 11 heteroatoms. The first-order valence-corrected chi connectivity index (χ1v) is 8.20. The average Bonchev–Trinajstić information content (AvgIpc) is 2.59. The number of methoxy groups -OCH3 is 1. The van der Waals surface area contributed by atoms with Gasteiger partial charge in [0.2, 0.25) is 0 Å². The van der Waals surface area contributed by atoms with Gasteiger partial charge in [0.05, 0.1) is 31.4 Å². The van der Waals surface area contributed by atoms with Crippen LogP contribution in [0.15, 0.2) is 23.1 Å². The topological polar surface area (TPSA) is 81.3 Å². The highest BCUT2D eigenvalue weighted by Gasteiger charge is 2.32. The monoisotopic (exact) mass is 424 g/mol. The molecule has 0 spiro atoms. The van der Waals surface area contributed by atoms with Gasteiger partial charge in [-0.1, -0.05) is 23.2 Å². The van der Waals surface area contributed by atoms with E-state index in [9.17, 15) is 22.8 Å². The summed E-state index contributed by atoms with van der Waals surface area (Å²) < 4.78 is 47.7. The smallest absolute Gasteiger partial charge is 0.432 e. The van der Waals surface area contributed by atoms with Gasteiger partial charge in [0.15, 0.2) is 0 Å². The molecule has 0 bridgehead atoms. The summed E-state index contributed by atoms with van der Waals surface area (Å²) >= 11 is 12.1. The summed E-state index contributed by atoms with van der Waals surface area (Å²) in [6.45, 7) is -0.00736. The molecular formula is C16H13Cl2F3N2O4. The van der Waals surface area contributed by atoms with Crippen LogP contribution in [0.1, 0.15) is 23.4 Å². The first kappa shape index (κ1) is 21.0. The Labute approximate surface area is 161 Å². The number of ether oxygens (including phenoxy) is 2. The first-order valence-electron chi connectivity index (χ1n) is 7.44. The second-order valence-electron chi connectivity index (χ2n) is 5.30. The molecular weight excluding hydrogens is 412 g/mol. The van der Waals surface area contributed by atoms with E-state index in [0.29, 0.717) is 11.8 Å². The maximum Gasteiger partial charge on any atom is 0.432 e. The lowest BCUT2D eigenvalue weighted by Crippen LogP contribution is -2.21. The number of halogens is 5. The molecule has 0 saturated carbocycles. The third kappa shape index (κ3) is 5.61. The van der Waals surface area contributed by atoms with Crippen LogP contribution in [-0.4, -0.2) is 29.7 Å². The minimum atomic E-state index is -4.71. The maximum atomic E-state index is 12.6. The van der Waals surface area contributed by atoms with Crippen LogP contribution in [0.5, 0.6) is 5.75 Å². The van der Waals surface area contributed by atoms with Gasteiger partial charge in [-0.2, -0.15) is 13.2 Å². The van der Waals surface area contributed by atoms with Crippen molar-refractivity contribution in [2.75, 3.05) is 13.7 Å². The number of nitrogens with one attached hydrogen (secondary N) is 1. The first-order chi connectivity index (χ1) is 12.6. The second-order valence-corrected chi connectivity index (χ2v) is 6.11. The molecule has 0 atom stereocenters. The SMILES string of the molecule is COC(=O)CCOc1cc(Cc2ncc(C(F)(F)F)[nH]c2=O)c(Cl)cc1Cl. The normalized spacial score (nSPS) is 11.3. The largest absolute Gasteiger partial charge is 0.491 e. The number of rotatable bonds is 6. The van der Waals surface area contributed by atoms with E-state index in [0.717, 1.165) is 0 Å². The Morgan fingerprint density at radius 1 is 1.26 bits per heavy atom. The highest BCUT2D eigenvalue weighted by Crippen LogP contribution is 2.32. The highest BCUT2D eigenvalue weighted by molar-refractivity contribution is 6.36. The number of carbonyl (C=O) groups is 1. The van der Waals surface area contributed by atoms with Crippen molar-refractivity contribution in [1.82, 2.24) is 9.97 Å². The summed E-state index contributed by atoms with van der Waals surface area (Å²) in [6, 6.07) is 2.80. The predicted octanol–water partition coefficient (Wildman–Crippen LogP) is 3.63. The van der Waals surface area contributed by atoms with Crippen LogP contribution in [-0.2, 0) is 22.1 Å². The fourth-order valence-corrected chi connectivity index (χ4v) is 2.55. The third-order valence-electron chi connectivity index (χ3n) is 3.42. The Kier molecular flexibility index (Phi) is 6.72. The number of benzene rings is 1. The quantitative estimate of drug-likeness (QED) is 0.716. The van der Waals surface area contributed by atoms with Crippen LogP contribution < -0.4 is 10.3 Å². The van der Waals surface area contributed by atoms with Gasteiger partial charge in [-0.25, -0.2) is 0 Å². The molecule has 2 aromatic rings. The van der Waals surface area contributed by atoms with Gasteiger partial charge < -0.3 is 14.5 Å². The Bertz CT molecular complexity index is 900. The zero-order valence-electron chi connectivity index (χ0n) is 13.8. The van der Waals surface area contributed by atoms with Crippen LogP contribution in [0, 0.1) is 0 Å². The summed E-state index contributed by atoms with van der Waals surface area (Å²) in [5, 5.41) is 0.351. The van der Waals surface area contributed by atoms with Gasteiger partial charge in [-0.15, -0.1) is 0 Å². The minimum absolute atomic E-state index is 0.00736. The molecule has 0 unspecified atom stereocenters. The number of alkyl halides is 3. The van der Waals surface area contributed by atoms with E-state index < -0.39 is 23.4 Å². The number of H-pyrrole nitrogens is 1. The summed E-state index contributed by atoms with van der Waals surface area (Å²) in [5.74, 6) is -0.274. The molecule has 1 N–H and O–H groups in total. The zero-order valence-corrected chi connectivity index (χ0v) is 15.3. The van der Waals surface area contributed by atoms with Crippen molar-refractivity contribution in [3.63, 3.8) is 0 Å². The zero-order chi connectivity index (χ0) is 20.2. The molecule has 0 radical (unpaired) electrons. The van der Waals surface area contributed by atoms with Crippen LogP contribution in [0.2, 0.25) is 10.0 Å². The van der Waals surface area contributed by atoms with E-state index in [1.807, 2.05) is 0 Å². The van der Waals surface area contributed by atoms with Crippen LogP contribution in [0.4, 0.5) is 13.2 Å².